The Kier molecular flexibility index (Phi) is 4.03. The summed E-state index contributed by atoms with van der Waals surface area (Å²) in [6, 6.07) is 0. The third-order valence-electron chi connectivity index (χ3n) is 4.19. The van der Waals surface area contributed by atoms with Gasteiger partial charge in [0.25, 0.3) is 0 Å². The zero-order valence-electron chi connectivity index (χ0n) is 12.3. The molecule has 3 rings (SSSR count). The summed E-state index contributed by atoms with van der Waals surface area (Å²) in [5.74, 6) is 0.778. The minimum absolute atomic E-state index is 0.231. The van der Waals surface area contributed by atoms with Gasteiger partial charge in [0.05, 0.1) is 19.1 Å². The predicted octanol–water partition coefficient (Wildman–Crippen LogP) is 0.849. The Hall–Kier alpha value is -1.73. The number of rotatable bonds is 5. The van der Waals surface area contributed by atoms with Gasteiger partial charge in [0.15, 0.2) is 11.5 Å². The maximum Gasteiger partial charge on any atom is 0.166 e. The van der Waals surface area contributed by atoms with E-state index in [4.69, 9.17) is 5.73 Å². The van der Waals surface area contributed by atoms with E-state index in [2.05, 4.69) is 26.8 Å². The molecule has 0 saturated carbocycles. The summed E-state index contributed by atoms with van der Waals surface area (Å²) in [5, 5.41) is 10.2. The Bertz CT molecular complexity index is 613. The number of nitrogen functional groups attached to an aromatic ring is 1. The second-order valence-electron chi connectivity index (χ2n) is 5.79. The number of aromatic nitrogens is 4. The number of nitrogens with zero attached hydrogens (tertiary/aromatic N) is 5. The molecule has 2 atom stereocenters. The summed E-state index contributed by atoms with van der Waals surface area (Å²) in [4.78, 5) is 14.7. The fourth-order valence-corrected chi connectivity index (χ4v) is 3.02. The van der Waals surface area contributed by atoms with Gasteiger partial charge in [-0.05, 0) is 12.3 Å². The van der Waals surface area contributed by atoms with Crippen LogP contribution in [0.4, 0.5) is 5.82 Å². The molecular formula is C14H22N6O. The molecule has 114 valence electrons. The molecule has 0 unspecified atom stereocenters. The minimum atomic E-state index is -0.231. The summed E-state index contributed by atoms with van der Waals surface area (Å²) < 4.78 is 1.96. The third-order valence-corrected chi connectivity index (χ3v) is 4.19. The van der Waals surface area contributed by atoms with Crippen molar-refractivity contribution >= 4 is 17.0 Å². The molecule has 0 aliphatic carbocycles. The van der Waals surface area contributed by atoms with Gasteiger partial charge in [-0.2, -0.15) is 0 Å². The van der Waals surface area contributed by atoms with Crippen LogP contribution in [0, 0.1) is 5.92 Å². The summed E-state index contributed by atoms with van der Waals surface area (Å²) >= 11 is 0. The maximum atomic E-state index is 10.2. The molecule has 1 aliphatic rings. The molecule has 0 aromatic carbocycles. The SMILES string of the molecule is CCCC[C@H]1CN(Cn2cnc3c(N)ncnc32)C[C@@H]1O. The lowest BCUT2D eigenvalue weighted by atomic mass is 9.99. The first-order chi connectivity index (χ1) is 10.2. The normalized spacial score (nSPS) is 23.1. The monoisotopic (exact) mass is 290 g/mol. The van der Waals surface area contributed by atoms with E-state index in [0.29, 0.717) is 30.5 Å². The highest BCUT2D eigenvalue weighted by molar-refractivity contribution is 5.80. The lowest BCUT2D eigenvalue weighted by molar-refractivity contribution is 0.134. The number of aliphatic hydroxyl groups is 1. The molecule has 1 aliphatic heterocycles. The van der Waals surface area contributed by atoms with Crippen molar-refractivity contribution in [1.82, 2.24) is 24.4 Å². The van der Waals surface area contributed by atoms with Crippen molar-refractivity contribution in [3.8, 4) is 0 Å². The van der Waals surface area contributed by atoms with Gasteiger partial charge < -0.3 is 15.4 Å². The lowest BCUT2D eigenvalue weighted by Gasteiger charge is -2.16. The number of likely N-dealkylation sites (tertiary alicyclic amines) is 1. The summed E-state index contributed by atoms with van der Waals surface area (Å²) in [6.45, 7) is 4.48. The van der Waals surface area contributed by atoms with Crippen LogP contribution in [0.15, 0.2) is 12.7 Å². The fraction of sp³-hybridized carbons (Fsp3) is 0.643. The van der Waals surface area contributed by atoms with Crippen molar-refractivity contribution in [3.63, 3.8) is 0 Å². The van der Waals surface area contributed by atoms with E-state index < -0.39 is 0 Å². The van der Waals surface area contributed by atoms with Crippen molar-refractivity contribution in [2.24, 2.45) is 5.92 Å². The molecule has 0 radical (unpaired) electrons. The number of hydrogen-bond acceptors (Lipinski definition) is 6. The second kappa shape index (κ2) is 5.95. The van der Waals surface area contributed by atoms with Crippen LogP contribution < -0.4 is 5.73 Å². The van der Waals surface area contributed by atoms with Crippen LogP contribution >= 0.6 is 0 Å². The Morgan fingerprint density at radius 2 is 2.19 bits per heavy atom. The largest absolute Gasteiger partial charge is 0.391 e. The van der Waals surface area contributed by atoms with Crippen molar-refractivity contribution in [2.45, 2.75) is 39.0 Å². The lowest BCUT2D eigenvalue weighted by Crippen LogP contribution is -2.24. The van der Waals surface area contributed by atoms with E-state index in [1.807, 2.05) is 4.57 Å². The van der Waals surface area contributed by atoms with E-state index in [9.17, 15) is 5.11 Å². The van der Waals surface area contributed by atoms with E-state index in [-0.39, 0.29) is 6.10 Å². The van der Waals surface area contributed by atoms with Gasteiger partial charge in [-0.1, -0.05) is 19.8 Å². The van der Waals surface area contributed by atoms with E-state index in [0.717, 1.165) is 18.6 Å². The second-order valence-corrected chi connectivity index (χ2v) is 5.79. The summed E-state index contributed by atoms with van der Waals surface area (Å²) in [5.41, 5.74) is 7.18. The smallest absolute Gasteiger partial charge is 0.166 e. The molecule has 7 nitrogen and oxygen atoms in total. The van der Waals surface area contributed by atoms with Crippen LogP contribution in [0.1, 0.15) is 26.2 Å². The number of anilines is 1. The van der Waals surface area contributed by atoms with Crippen molar-refractivity contribution in [3.05, 3.63) is 12.7 Å². The quantitative estimate of drug-likeness (QED) is 0.848. The molecule has 0 amide bonds. The molecule has 3 heterocycles. The van der Waals surface area contributed by atoms with Crippen LogP contribution in [-0.4, -0.2) is 48.7 Å². The molecule has 2 aromatic rings. The van der Waals surface area contributed by atoms with Crippen LogP contribution in [0.2, 0.25) is 0 Å². The molecule has 1 fully saturated rings. The van der Waals surface area contributed by atoms with Crippen LogP contribution in [0.5, 0.6) is 0 Å². The molecule has 0 spiro atoms. The van der Waals surface area contributed by atoms with E-state index in [1.165, 1.54) is 19.2 Å². The topological polar surface area (TPSA) is 93.1 Å². The third kappa shape index (κ3) is 2.84. The average molecular weight is 290 g/mol. The molecule has 1 saturated heterocycles. The van der Waals surface area contributed by atoms with Gasteiger partial charge in [0.2, 0.25) is 0 Å². The number of imidazole rings is 1. The molecule has 21 heavy (non-hydrogen) atoms. The Labute approximate surface area is 123 Å². The van der Waals surface area contributed by atoms with E-state index >= 15 is 0 Å². The number of nitrogens with two attached hydrogens (primary N) is 1. The molecule has 7 heteroatoms. The number of fused-ring (bicyclic) bond motifs is 1. The maximum absolute atomic E-state index is 10.2. The number of aliphatic hydroxyl groups excluding tert-OH is 1. The van der Waals surface area contributed by atoms with Crippen molar-refractivity contribution in [1.29, 1.82) is 0 Å². The molecular weight excluding hydrogens is 268 g/mol. The highest BCUT2D eigenvalue weighted by atomic mass is 16.3. The van der Waals surface area contributed by atoms with Crippen LogP contribution in [0.25, 0.3) is 11.2 Å². The van der Waals surface area contributed by atoms with Gasteiger partial charge in [-0.3, -0.25) is 4.90 Å². The number of unbranched alkanes of at least 4 members (excludes halogenated alkanes) is 1. The zero-order chi connectivity index (χ0) is 14.8. The molecule has 3 N–H and O–H groups in total. The van der Waals surface area contributed by atoms with Crippen molar-refractivity contribution < 1.29 is 5.11 Å². The Balaban J connectivity index is 1.70. The number of hydrogen-bond donors (Lipinski definition) is 2. The predicted molar refractivity (Wildman–Crippen MR) is 80.3 cm³/mol. The summed E-state index contributed by atoms with van der Waals surface area (Å²) in [7, 11) is 0. The Morgan fingerprint density at radius 3 is 3.00 bits per heavy atom. The fourth-order valence-electron chi connectivity index (χ4n) is 3.02. The first-order valence-corrected chi connectivity index (χ1v) is 7.50. The van der Waals surface area contributed by atoms with Gasteiger partial charge in [0.1, 0.15) is 11.8 Å². The van der Waals surface area contributed by atoms with Gasteiger partial charge in [-0.25, -0.2) is 15.0 Å². The Morgan fingerprint density at radius 1 is 1.33 bits per heavy atom. The minimum Gasteiger partial charge on any atom is -0.391 e. The number of β-amino-alcohol motifs (C(OH)–C–C–N with tert-alkyl or cyclic N) is 1. The molecule has 0 bridgehead atoms. The van der Waals surface area contributed by atoms with Crippen LogP contribution in [-0.2, 0) is 6.67 Å². The van der Waals surface area contributed by atoms with Gasteiger partial charge in [0, 0.05) is 13.1 Å². The zero-order valence-corrected chi connectivity index (χ0v) is 12.3. The van der Waals surface area contributed by atoms with E-state index in [1.54, 1.807) is 6.33 Å². The average Bonchev–Trinajstić information content (AvgIpc) is 3.02. The van der Waals surface area contributed by atoms with Crippen LogP contribution in [0.3, 0.4) is 0 Å². The standard InChI is InChI=1S/C14H22N6O/c1-2-3-4-10-5-19(6-11(10)21)9-20-8-18-12-13(15)16-7-17-14(12)20/h7-8,10-11,21H,2-6,9H2,1H3,(H2,15,16,17)/t10-,11-/m0/s1. The molecule has 2 aromatic heterocycles. The highest BCUT2D eigenvalue weighted by Crippen LogP contribution is 2.23. The summed E-state index contributed by atoms with van der Waals surface area (Å²) in [6.07, 6.45) is 6.40. The van der Waals surface area contributed by atoms with Gasteiger partial charge in [-0.15, -0.1) is 0 Å². The first-order valence-electron chi connectivity index (χ1n) is 7.50. The first kappa shape index (κ1) is 14.2. The van der Waals surface area contributed by atoms with Gasteiger partial charge >= 0.3 is 0 Å². The van der Waals surface area contributed by atoms with Crippen molar-refractivity contribution in [2.75, 3.05) is 18.8 Å². The highest BCUT2D eigenvalue weighted by Gasteiger charge is 2.30.